The van der Waals surface area contributed by atoms with Crippen LogP contribution in [0.5, 0.6) is 0 Å². The lowest BCUT2D eigenvalue weighted by Gasteiger charge is -2.26. The highest BCUT2D eigenvalue weighted by molar-refractivity contribution is 6.02. The van der Waals surface area contributed by atoms with Crippen LogP contribution < -0.4 is 5.32 Å². The van der Waals surface area contributed by atoms with Gasteiger partial charge < -0.3 is 15.2 Å². The molecular formula is C25H25F3N4O3. The van der Waals surface area contributed by atoms with E-state index in [2.05, 4.69) is 15.2 Å². The van der Waals surface area contributed by atoms with Gasteiger partial charge >= 0.3 is 6.18 Å². The van der Waals surface area contributed by atoms with Crippen molar-refractivity contribution < 1.29 is 22.9 Å². The molecule has 2 heterocycles. The largest absolute Gasteiger partial charge is 0.416 e. The van der Waals surface area contributed by atoms with Crippen LogP contribution in [0.2, 0.25) is 0 Å². The Labute approximate surface area is 200 Å². The molecule has 1 aliphatic rings. The third-order valence-corrected chi connectivity index (χ3v) is 6.12. The molecule has 4 rings (SSSR count). The van der Waals surface area contributed by atoms with E-state index < -0.39 is 22.6 Å². The molecule has 0 saturated carbocycles. The second-order valence-corrected chi connectivity index (χ2v) is 8.48. The van der Waals surface area contributed by atoms with E-state index in [1.54, 1.807) is 6.07 Å². The van der Waals surface area contributed by atoms with E-state index in [0.717, 1.165) is 38.1 Å². The van der Waals surface area contributed by atoms with Gasteiger partial charge in [-0.25, -0.2) is 0 Å². The summed E-state index contributed by atoms with van der Waals surface area (Å²) in [6.07, 6.45) is -1.00. The molecule has 1 aliphatic heterocycles. The lowest BCUT2D eigenvalue weighted by Crippen LogP contribution is -2.37. The van der Waals surface area contributed by atoms with Gasteiger partial charge in [0.1, 0.15) is 0 Å². The van der Waals surface area contributed by atoms with Gasteiger partial charge in [0.05, 0.1) is 27.3 Å². The minimum atomic E-state index is -4.47. The average Bonchev–Trinajstić information content (AvgIpc) is 3.30. The molecule has 0 aliphatic carbocycles. The molecule has 1 amide bonds. The highest BCUT2D eigenvalue weighted by atomic mass is 19.4. The number of amides is 1. The number of aromatic nitrogens is 1. The Bertz CT molecular complexity index is 1200. The number of likely N-dealkylation sites (tertiary alicyclic amines) is 1. The van der Waals surface area contributed by atoms with E-state index >= 15 is 0 Å². The third kappa shape index (κ3) is 5.71. The molecule has 2 N–H and O–H groups in total. The SMILES string of the molecule is O=C(NCCN1CCCCC1)c1cc(-c2ccc(C(F)(F)F)cc2)[nH]c1-c1ccccc1[N+](=O)[O-]. The molecule has 0 radical (unpaired) electrons. The summed E-state index contributed by atoms with van der Waals surface area (Å²) in [5.41, 5.74) is 0.476. The molecule has 7 nitrogen and oxygen atoms in total. The summed E-state index contributed by atoms with van der Waals surface area (Å²) < 4.78 is 38.9. The van der Waals surface area contributed by atoms with Crippen LogP contribution in [0.25, 0.3) is 22.5 Å². The zero-order valence-electron chi connectivity index (χ0n) is 18.9. The molecule has 1 fully saturated rings. The minimum Gasteiger partial charge on any atom is -0.354 e. The zero-order valence-corrected chi connectivity index (χ0v) is 18.9. The number of nitro groups is 1. The monoisotopic (exact) mass is 486 g/mol. The number of benzene rings is 2. The number of halogens is 3. The Kier molecular flexibility index (Phi) is 7.20. The van der Waals surface area contributed by atoms with Gasteiger partial charge in [0.15, 0.2) is 0 Å². The van der Waals surface area contributed by atoms with Crippen LogP contribution in [0.4, 0.5) is 18.9 Å². The summed E-state index contributed by atoms with van der Waals surface area (Å²) >= 11 is 0. The van der Waals surface area contributed by atoms with Crippen molar-refractivity contribution in [1.29, 1.82) is 0 Å². The zero-order chi connectivity index (χ0) is 25.0. The molecule has 1 aromatic heterocycles. The Balaban J connectivity index is 1.65. The summed E-state index contributed by atoms with van der Waals surface area (Å²) in [4.78, 5) is 29.5. The van der Waals surface area contributed by atoms with Gasteiger partial charge in [-0.15, -0.1) is 0 Å². The number of hydrogen-bond acceptors (Lipinski definition) is 4. The molecule has 0 atom stereocenters. The molecule has 0 bridgehead atoms. The second-order valence-electron chi connectivity index (χ2n) is 8.48. The van der Waals surface area contributed by atoms with Crippen LogP contribution in [0, 0.1) is 10.1 Å². The molecular weight excluding hydrogens is 461 g/mol. The predicted octanol–water partition coefficient (Wildman–Crippen LogP) is 5.49. The highest BCUT2D eigenvalue weighted by Crippen LogP contribution is 2.36. The van der Waals surface area contributed by atoms with Crippen LogP contribution in [-0.2, 0) is 6.18 Å². The average molecular weight is 486 g/mol. The number of aromatic amines is 1. The van der Waals surface area contributed by atoms with E-state index in [0.29, 0.717) is 24.3 Å². The quantitative estimate of drug-likeness (QED) is 0.341. The molecule has 2 aromatic carbocycles. The van der Waals surface area contributed by atoms with E-state index in [4.69, 9.17) is 0 Å². The molecule has 0 unspecified atom stereocenters. The fraction of sp³-hybridized carbons (Fsp3) is 0.320. The van der Waals surface area contributed by atoms with E-state index in [9.17, 15) is 28.1 Å². The molecule has 1 saturated heterocycles. The maximum Gasteiger partial charge on any atom is 0.416 e. The van der Waals surface area contributed by atoms with Crippen molar-refractivity contribution in [1.82, 2.24) is 15.2 Å². The summed E-state index contributed by atoms with van der Waals surface area (Å²) in [6.45, 7) is 3.08. The lowest BCUT2D eigenvalue weighted by atomic mass is 10.0. The first-order chi connectivity index (χ1) is 16.7. The van der Waals surface area contributed by atoms with Crippen molar-refractivity contribution in [3.8, 4) is 22.5 Å². The maximum absolute atomic E-state index is 13.1. The van der Waals surface area contributed by atoms with Crippen molar-refractivity contribution >= 4 is 11.6 Å². The number of nitrogens with zero attached hydrogens (tertiary/aromatic N) is 2. The van der Waals surface area contributed by atoms with Gasteiger partial charge in [-0.3, -0.25) is 14.9 Å². The topological polar surface area (TPSA) is 91.3 Å². The number of hydrogen-bond donors (Lipinski definition) is 2. The summed E-state index contributed by atoms with van der Waals surface area (Å²) in [5, 5.41) is 14.5. The second kappa shape index (κ2) is 10.3. The molecule has 0 spiro atoms. The number of rotatable bonds is 7. The van der Waals surface area contributed by atoms with Gasteiger partial charge in [0.25, 0.3) is 11.6 Å². The fourth-order valence-electron chi connectivity index (χ4n) is 4.29. The molecule has 35 heavy (non-hydrogen) atoms. The number of para-hydroxylation sites is 1. The fourth-order valence-corrected chi connectivity index (χ4v) is 4.29. The van der Waals surface area contributed by atoms with Crippen LogP contribution in [0.1, 0.15) is 35.2 Å². The van der Waals surface area contributed by atoms with Crippen LogP contribution in [-0.4, -0.2) is 46.9 Å². The third-order valence-electron chi connectivity index (χ3n) is 6.12. The number of carbonyl (C=O) groups is 1. The van der Waals surface area contributed by atoms with Crippen LogP contribution in [0.15, 0.2) is 54.6 Å². The predicted molar refractivity (Wildman–Crippen MR) is 126 cm³/mol. The van der Waals surface area contributed by atoms with Gasteiger partial charge in [0, 0.05) is 24.8 Å². The van der Waals surface area contributed by atoms with Crippen molar-refractivity contribution in [2.24, 2.45) is 0 Å². The van der Waals surface area contributed by atoms with Gasteiger partial charge in [-0.2, -0.15) is 13.2 Å². The normalized spacial score (nSPS) is 14.6. The number of alkyl halides is 3. The smallest absolute Gasteiger partial charge is 0.354 e. The number of nitrogens with one attached hydrogen (secondary N) is 2. The summed E-state index contributed by atoms with van der Waals surface area (Å²) in [6, 6.07) is 12.1. The van der Waals surface area contributed by atoms with Crippen molar-refractivity contribution in [3.05, 3.63) is 75.8 Å². The van der Waals surface area contributed by atoms with Crippen LogP contribution in [0.3, 0.4) is 0 Å². The first-order valence-electron chi connectivity index (χ1n) is 11.4. The van der Waals surface area contributed by atoms with E-state index in [1.165, 1.54) is 42.8 Å². The number of H-pyrrole nitrogens is 1. The summed E-state index contributed by atoms with van der Waals surface area (Å²) in [5.74, 6) is -0.412. The standard InChI is InChI=1S/C25H25F3N4O3/c26-25(27,28)18-10-8-17(9-11-18)21-16-20(24(33)29-12-15-31-13-4-1-5-14-31)23(30-21)19-6-2-3-7-22(19)32(34)35/h2-3,6-11,16,30H,1,4-5,12-15H2,(H,29,33). The number of piperidine rings is 1. The Morgan fingerprint density at radius 1 is 1.06 bits per heavy atom. The van der Waals surface area contributed by atoms with Gasteiger partial charge in [0.2, 0.25) is 0 Å². The molecule has 3 aromatic rings. The molecule has 184 valence electrons. The molecule has 10 heteroatoms. The maximum atomic E-state index is 13.1. The van der Waals surface area contributed by atoms with E-state index in [-0.39, 0.29) is 22.5 Å². The Hall–Kier alpha value is -3.66. The van der Waals surface area contributed by atoms with Crippen molar-refractivity contribution in [2.45, 2.75) is 25.4 Å². The Morgan fingerprint density at radius 3 is 2.40 bits per heavy atom. The van der Waals surface area contributed by atoms with Gasteiger partial charge in [-0.05, 0) is 55.8 Å². The van der Waals surface area contributed by atoms with Crippen molar-refractivity contribution in [2.75, 3.05) is 26.2 Å². The minimum absolute atomic E-state index is 0.185. The van der Waals surface area contributed by atoms with Gasteiger partial charge in [-0.1, -0.05) is 30.7 Å². The first kappa shape index (κ1) is 24.5. The van der Waals surface area contributed by atoms with E-state index in [1.807, 2.05) is 0 Å². The van der Waals surface area contributed by atoms with Crippen LogP contribution >= 0.6 is 0 Å². The Morgan fingerprint density at radius 2 is 1.74 bits per heavy atom. The summed E-state index contributed by atoms with van der Waals surface area (Å²) in [7, 11) is 0. The number of carbonyl (C=O) groups excluding carboxylic acids is 1. The first-order valence-corrected chi connectivity index (χ1v) is 11.4. The number of nitro benzene ring substituents is 1. The lowest BCUT2D eigenvalue weighted by molar-refractivity contribution is -0.384. The van der Waals surface area contributed by atoms with Crippen molar-refractivity contribution in [3.63, 3.8) is 0 Å². The highest BCUT2D eigenvalue weighted by Gasteiger charge is 2.30.